The molecule has 0 saturated carbocycles. The summed E-state index contributed by atoms with van der Waals surface area (Å²) in [5, 5.41) is 37.1. The number of carbonyl (C=O) groups excluding carboxylic acids is 3. The molecule has 12 nitrogen and oxygen atoms in total. The highest BCUT2D eigenvalue weighted by Gasteiger charge is 2.34. The number of aromatic amines is 1. The normalized spacial score (nSPS) is 16.2. The summed E-state index contributed by atoms with van der Waals surface area (Å²) in [7, 11) is 0. The van der Waals surface area contributed by atoms with Gasteiger partial charge in [0, 0.05) is 23.5 Å². The molecule has 204 valence electrons. The first-order valence-electron chi connectivity index (χ1n) is 11.8. The Kier molecular flexibility index (Phi) is 11.4. The second-order valence-electron chi connectivity index (χ2n) is 8.80. The lowest BCUT2D eigenvalue weighted by Crippen LogP contribution is -2.61. The Labute approximate surface area is 218 Å². The van der Waals surface area contributed by atoms with Crippen LogP contribution in [0.2, 0.25) is 0 Å². The lowest BCUT2D eigenvalue weighted by molar-refractivity contribution is -0.146. The number of carbonyl (C=O) groups is 4. The van der Waals surface area contributed by atoms with Crippen molar-refractivity contribution in [3.05, 3.63) is 36.0 Å². The van der Waals surface area contributed by atoms with Gasteiger partial charge in [0.1, 0.15) is 12.1 Å². The van der Waals surface area contributed by atoms with E-state index in [0.29, 0.717) is 12.2 Å². The summed E-state index contributed by atoms with van der Waals surface area (Å²) in [6, 6.07) is 2.18. The molecule has 0 saturated heterocycles. The van der Waals surface area contributed by atoms with Crippen molar-refractivity contribution in [3.63, 3.8) is 0 Å². The van der Waals surface area contributed by atoms with Crippen LogP contribution in [0, 0.1) is 0 Å². The van der Waals surface area contributed by atoms with E-state index in [4.69, 9.17) is 5.73 Å². The Bertz CT molecular complexity index is 1090. The molecule has 0 aliphatic heterocycles. The highest BCUT2D eigenvalue weighted by atomic mass is 32.2. The van der Waals surface area contributed by atoms with Gasteiger partial charge in [-0.05, 0) is 43.9 Å². The number of rotatable bonds is 14. The number of H-pyrrole nitrogens is 1. The zero-order chi connectivity index (χ0) is 27.7. The Morgan fingerprint density at radius 3 is 2.19 bits per heavy atom. The van der Waals surface area contributed by atoms with E-state index in [1.54, 1.807) is 6.20 Å². The standard InChI is InChI=1S/C24H35N5O7S/c1-12(30)19(23(34)29-20(13(2)31)24(35)36)28-22(33)18(27-21(32)16(25)8-9-37-3)10-14-11-26-17-7-5-4-6-15(14)17/h4-7,11-13,16,18-20,26,30-31H,8-10,25H2,1-3H3,(H,27,32)(H,28,33)(H,29,34)(H,35,36). The van der Waals surface area contributed by atoms with Crippen molar-refractivity contribution < 1.29 is 34.5 Å². The summed E-state index contributed by atoms with van der Waals surface area (Å²) in [5.74, 6) is -3.17. The molecular weight excluding hydrogens is 502 g/mol. The van der Waals surface area contributed by atoms with Gasteiger partial charge in [-0.1, -0.05) is 18.2 Å². The van der Waals surface area contributed by atoms with Gasteiger partial charge >= 0.3 is 5.97 Å². The number of carboxylic acids is 1. The molecule has 2 aromatic rings. The second-order valence-corrected chi connectivity index (χ2v) is 9.79. The number of aromatic nitrogens is 1. The molecule has 0 bridgehead atoms. The molecule has 0 fully saturated rings. The van der Waals surface area contributed by atoms with E-state index < -0.39 is 60.1 Å². The van der Waals surface area contributed by atoms with Crippen LogP contribution in [0.15, 0.2) is 30.5 Å². The molecule has 37 heavy (non-hydrogen) atoms. The number of hydrogen-bond donors (Lipinski definition) is 8. The van der Waals surface area contributed by atoms with E-state index in [9.17, 15) is 34.5 Å². The predicted octanol–water partition coefficient (Wildman–Crippen LogP) is -0.909. The molecule has 0 aliphatic carbocycles. The van der Waals surface area contributed by atoms with Crippen molar-refractivity contribution in [2.45, 2.75) is 63.1 Å². The first-order valence-corrected chi connectivity index (χ1v) is 13.1. The molecule has 6 unspecified atom stereocenters. The minimum Gasteiger partial charge on any atom is -0.480 e. The van der Waals surface area contributed by atoms with Gasteiger partial charge in [0.2, 0.25) is 17.7 Å². The Morgan fingerprint density at radius 2 is 1.59 bits per heavy atom. The molecular formula is C24H35N5O7S. The molecule has 3 amide bonds. The van der Waals surface area contributed by atoms with Gasteiger partial charge in [0.25, 0.3) is 0 Å². The van der Waals surface area contributed by atoms with Gasteiger partial charge in [-0.15, -0.1) is 0 Å². The number of thioether (sulfide) groups is 1. The molecule has 1 heterocycles. The maximum atomic E-state index is 13.3. The zero-order valence-corrected chi connectivity index (χ0v) is 21.7. The maximum Gasteiger partial charge on any atom is 0.328 e. The number of nitrogens with one attached hydrogen (secondary N) is 4. The fraction of sp³-hybridized carbons (Fsp3) is 0.500. The number of carboxylic acid groups (broad SMARTS) is 1. The third-order valence-corrected chi connectivity index (χ3v) is 6.45. The molecule has 2 rings (SSSR count). The number of amides is 3. The molecule has 9 N–H and O–H groups in total. The summed E-state index contributed by atoms with van der Waals surface area (Å²) in [6.07, 6.45) is 1.19. The van der Waals surface area contributed by atoms with Crippen molar-refractivity contribution in [1.82, 2.24) is 20.9 Å². The topological polar surface area (TPSA) is 207 Å². The van der Waals surface area contributed by atoms with E-state index in [0.717, 1.165) is 16.5 Å². The highest BCUT2D eigenvalue weighted by Crippen LogP contribution is 2.19. The van der Waals surface area contributed by atoms with Crippen molar-refractivity contribution >= 4 is 46.4 Å². The second kappa shape index (κ2) is 14.0. The summed E-state index contributed by atoms with van der Waals surface area (Å²) < 4.78 is 0. The third kappa shape index (κ3) is 8.45. The van der Waals surface area contributed by atoms with Crippen molar-refractivity contribution in [1.29, 1.82) is 0 Å². The molecule has 0 radical (unpaired) electrons. The Balaban J connectivity index is 2.28. The first kappa shape index (κ1) is 30.1. The molecule has 0 spiro atoms. The number of aliphatic carboxylic acids is 1. The van der Waals surface area contributed by atoms with Crippen LogP contribution >= 0.6 is 11.8 Å². The van der Waals surface area contributed by atoms with E-state index in [1.165, 1.54) is 25.6 Å². The fourth-order valence-electron chi connectivity index (χ4n) is 3.68. The van der Waals surface area contributed by atoms with Gasteiger partial charge in [-0.2, -0.15) is 11.8 Å². The van der Waals surface area contributed by atoms with Gasteiger partial charge in [-0.25, -0.2) is 4.79 Å². The predicted molar refractivity (Wildman–Crippen MR) is 140 cm³/mol. The van der Waals surface area contributed by atoms with E-state index in [-0.39, 0.29) is 6.42 Å². The average molecular weight is 538 g/mol. The van der Waals surface area contributed by atoms with Gasteiger partial charge < -0.3 is 42.0 Å². The first-order chi connectivity index (χ1) is 17.5. The smallest absolute Gasteiger partial charge is 0.328 e. The minimum absolute atomic E-state index is 0.0520. The molecule has 13 heteroatoms. The number of aliphatic hydroxyl groups is 2. The SMILES string of the molecule is CSCCC(N)C(=O)NC(Cc1c[nH]c2ccccc12)C(=O)NC(C(=O)NC(C(=O)O)C(C)O)C(C)O. The van der Waals surface area contributed by atoms with Crippen LogP contribution in [-0.2, 0) is 25.6 Å². The Hall–Kier alpha value is -3.13. The number of para-hydroxylation sites is 1. The summed E-state index contributed by atoms with van der Waals surface area (Å²) in [4.78, 5) is 53.2. The molecule has 6 atom stereocenters. The summed E-state index contributed by atoms with van der Waals surface area (Å²) >= 11 is 1.53. The van der Waals surface area contributed by atoms with Crippen LogP contribution in [0.4, 0.5) is 0 Å². The highest BCUT2D eigenvalue weighted by molar-refractivity contribution is 7.98. The lowest BCUT2D eigenvalue weighted by Gasteiger charge is -2.27. The molecule has 1 aromatic carbocycles. The number of benzene rings is 1. The van der Waals surface area contributed by atoms with E-state index in [1.807, 2.05) is 30.5 Å². The van der Waals surface area contributed by atoms with E-state index in [2.05, 4.69) is 20.9 Å². The summed E-state index contributed by atoms with van der Waals surface area (Å²) in [5.41, 5.74) is 7.54. The number of fused-ring (bicyclic) bond motifs is 1. The van der Waals surface area contributed by atoms with Crippen LogP contribution in [-0.4, -0.2) is 92.4 Å². The molecule has 1 aromatic heterocycles. The van der Waals surface area contributed by atoms with Crippen LogP contribution in [0.3, 0.4) is 0 Å². The summed E-state index contributed by atoms with van der Waals surface area (Å²) in [6.45, 7) is 2.43. The fourth-order valence-corrected chi connectivity index (χ4v) is 4.16. The van der Waals surface area contributed by atoms with Crippen molar-refractivity contribution in [2.24, 2.45) is 5.73 Å². The van der Waals surface area contributed by atoms with Crippen molar-refractivity contribution in [3.8, 4) is 0 Å². The zero-order valence-electron chi connectivity index (χ0n) is 20.9. The molecule has 0 aliphatic rings. The van der Waals surface area contributed by atoms with E-state index >= 15 is 0 Å². The monoisotopic (exact) mass is 537 g/mol. The number of hydrogen-bond acceptors (Lipinski definition) is 8. The van der Waals surface area contributed by atoms with Gasteiger partial charge in [0.05, 0.1) is 18.2 Å². The average Bonchev–Trinajstić information content (AvgIpc) is 3.25. The minimum atomic E-state index is -1.65. The van der Waals surface area contributed by atoms with Gasteiger partial charge in [-0.3, -0.25) is 14.4 Å². The van der Waals surface area contributed by atoms with Gasteiger partial charge in [0.15, 0.2) is 6.04 Å². The lowest BCUT2D eigenvalue weighted by atomic mass is 10.0. The van der Waals surface area contributed by atoms with Crippen LogP contribution in [0.5, 0.6) is 0 Å². The number of nitrogens with two attached hydrogens (primary N) is 1. The van der Waals surface area contributed by atoms with Crippen LogP contribution < -0.4 is 21.7 Å². The van der Waals surface area contributed by atoms with Crippen molar-refractivity contribution in [2.75, 3.05) is 12.0 Å². The van der Waals surface area contributed by atoms with Crippen LogP contribution in [0.1, 0.15) is 25.8 Å². The van der Waals surface area contributed by atoms with Crippen LogP contribution in [0.25, 0.3) is 10.9 Å². The number of aliphatic hydroxyl groups excluding tert-OH is 2. The maximum absolute atomic E-state index is 13.3. The third-order valence-electron chi connectivity index (χ3n) is 5.81. The quantitative estimate of drug-likeness (QED) is 0.150. The largest absolute Gasteiger partial charge is 0.480 e. The Morgan fingerprint density at radius 1 is 0.973 bits per heavy atom.